The van der Waals surface area contributed by atoms with Gasteiger partial charge in [-0.25, -0.2) is 0 Å². The quantitative estimate of drug-likeness (QED) is 0.430. The zero-order valence-electron chi connectivity index (χ0n) is 13.7. The molecule has 0 bridgehead atoms. The normalized spacial score (nSPS) is 14.7. The summed E-state index contributed by atoms with van der Waals surface area (Å²) in [6.07, 6.45) is 4.07. The van der Waals surface area contributed by atoms with Crippen LogP contribution in [0.3, 0.4) is 0 Å². The number of carbonyl (C=O) groups excluding carboxylic acids is 1. The van der Waals surface area contributed by atoms with Crippen LogP contribution in [-0.4, -0.2) is 27.0 Å². The maximum atomic E-state index is 12.5. The Kier molecular flexibility index (Phi) is 5.97. The predicted octanol–water partition coefficient (Wildman–Crippen LogP) is 3.29. The van der Waals surface area contributed by atoms with Crippen molar-refractivity contribution in [2.75, 3.05) is 7.11 Å². The lowest BCUT2D eigenvalue weighted by Crippen LogP contribution is -2.28. The molecule has 0 atom stereocenters. The third kappa shape index (κ3) is 4.65. The largest absolute Gasteiger partial charge is 0.534 e. The first kappa shape index (κ1) is 19.6. The van der Waals surface area contributed by atoms with E-state index >= 15 is 0 Å². The Morgan fingerprint density at radius 3 is 2.40 bits per heavy atom. The Hall–Kier alpha value is -1.77. The molecule has 2 rings (SSSR count). The average Bonchev–Trinajstić information content (AvgIpc) is 2.55. The molecule has 0 aromatic heterocycles. The van der Waals surface area contributed by atoms with Gasteiger partial charge in [-0.05, 0) is 61.3 Å². The van der Waals surface area contributed by atoms with Crippen LogP contribution in [0.1, 0.15) is 42.4 Å². The minimum atomic E-state index is -5.69. The molecular formula is C16H19F3O5S. The van der Waals surface area contributed by atoms with Crippen LogP contribution in [-0.2, 0) is 38.9 Å². The lowest BCUT2D eigenvalue weighted by molar-refractivity contribution is -0.140. The highest BCUT2D eigenvalue weighted by molar-refractivity contribution is 7.88. The summed E-state index contributed by atoms with van der Waals surface area (Å²) in [5.74, 6) is -0.589. The average molecular weight is 380 g/mol. The number of alkyl halides is 3. The van der Waals surface area contributed by atoms with Crippen LogP contribution in [0.25, 0.3) is 0 Å². The molecule has 0 radical (unpaired) electrons. The van der Waals surface area contributed by atoms with Gasteiger partial charge < -0.3 is 8.92 Å². The number of fused-ring (bicyclic) bond motifs is 1. The number of hydrogen-bond acceptors (Lipinski definition) is 5. The number of aryl methyl sites for hydroxylation is 1. The lowest BCUT2D eigenvalue weighted by Gasteiger charge is -2.22. The molecule has 1 aromatic carbocycles. The van der Waals surface area contributed by atoms with Crippen LogP contribution < -0.4 is 4.18 Å². The number of hydrogen-bond donors (Lipinski definition) is 0. The topological polar surface area (TPSA) is 69.7 Å². The van der Waals surface area contributed by atoms with Crippen molar-refractivity contribution < 1.29 is 35.3 Å². The Bertz CT molecular complexity index is 741. The van der Waals surface area contributed by atoms with Gasteiger partial charge in [0.05, 0.1) is 7.11 Å². The van der Waals surface area contributed by atoms with Gasteiger partial charge >= 0.3 is 21.6 Å². The maximum Gasteiger partial charge on any atom is 0.534 e. The maximum absolute atomic E-state index is 12.5. The van der Waals surface area contributed by atoms with Crippen LogP contribution in [0.2, 0.25) is 0 Å². The SMILES string of the molecule is COC(=O)CCCc1ccc(OS(=O)(=O)C(F)(F)F)c2c1CCCC2. The summed E-state index contributed by atoms with van der Waals surface area (Å²) in [4.78, 5) is 11.2. The number of rotatable bonds is 6. The summed E-state index contributed by atoms with van der Waals surface area (Å²) in [6.45, 7) is 0. The molecule has 0 spiro atoms. The molecule has 0 heterocycles. The molecule has 5 nitrogen and oxygen atoms in total. The second-order valence-electron chi connectivity index (χ2n) is 5.80. The summed E-state index contributed by atoms with van der Waals surface area (Å²) in [6, 6.07) is 2.84. The highest BCUT2D eigenvalue weighted by atomic mass is 32.2. The fourth-order valence-electron chi connectivity index (χ4n) is 2.91. The number of carbonyl (C=O) groups is 1. The lowest BCUT2D eigenvalue weighted by atomic mass is 9.86. The van der Waals surface area contributed by atoms with Gasteiger partial charge in [-0.2, -0.15) is 21.6 Å². The van der Waals surface area contributed by atoms with Crippen LogP contribution in [0.15, 0.2) is 12.1 Å². The Morgan fingerprint density at radius 1 is 1.16 bits per heavy atom. The van der Waals surface area contributed by atoms with E-state index in [1.165, 1.54) is 13.2 Å². The van der Waals surface area contributed by atoms with E-state index in [1.807, 2.05) is 0 Å². The van der Waals surface area contributed by atoms with Crippen molar-refractivity contribution in [1.29, 1.82) is 0 Å². The molecule has 0 unspecified atom stereocenters. The van der Waals surface area contributed by atoms with Crippen LogP contribution >= 0.6 is 0 Å². The molecule has 0 saturated carbocycles. The molecule has 0 fully saturated rings. The minimum Gasteiger partial charge on any atom is -0.469 e. The Labute approximate surface area is 144 Å². The smallest absolute Gasteiger partial charge is 0.469 e. The molecule has 0 saturated heterocycles. The zero-order chi connectivity index (χ0) is 18.7. The van der Waals surface area contributed by atoms with Crippen molar-refractivity contribution in [2.24, 2.45) is 0 Å². The molecule has 1 aliphatic carbocycles. The van der Waals surface area contributed by atoms with E-state index in [4.69, 9.17) is 0 Å². The van der Waals surface area contributed by atoms with Gasteiger partial charge in [0.15, 0.2) is 0 Å². The number of ether oxygens (including phenoxy) is 1. The first-order valence-corrected chi connectivity index (χ1v) is 9.27. The predicted molar refractivity (Wildman–Crippen MR) is 83.6 cm³/mol. The Morgan fingerprint density at radius 2 is 1.80 bits per heavy atom. The van der Waals surface area contributed by atoms with E-state index in [1.54, 1.807) is 6.07 Å². The van der Waals surface area contributed by atoms with Gasteiger partial charge in [0.2, 0.25) is 0 Å². The van der Waals surface area contributed by atoms with Crippen molar-refractivity contribution in [3.63, 3.8) is 0 Å². The molecule has 25 heavy (non-hydrogen) atoms. The van der Waals surface area contributed by atoms with Gasteiger partial charge in [-0.3, -0.25) is 4.79 Å². The monoisotopic (exact) mass is 380 g/mol. The number of methoxy groups -OCH3 is 1. The third-order valence-electron chi connectivity index (χ3n) is 4.13. The summed E-state index contributed by atoms with van der Waals surface area (Å²) in [5, 5.41) is 0. The van der Waals surface area contributed by atoms with Gasteiger partial charge in [-0.15, -0.1) is 0 Å². The molecule has 0 amide bonds. The van der Waals surface area contributed by atoms with Crippen LogP contribution in [0.5, 0.6) is 5.75 Å². The van der Waals surface area contributed by atoms with E-state index in [9.17, 15) is 26.4 Å². The van der Waals surface area contributed by atoms with E-state index < -0.39 is 15.6 Å². The van der Waals surface area contributed by atoms with Crippen molar-refractivity contribution in [2.45, 2.75) is 50.5 Å². The van der Waals surface area contributed by atoms with Gasteiger partial charge in [0, 0.05) is 6.42 Å². The first-order chi connectivity index (χ1) is 11.7. The molecular weight excluding hydrogens is 361 g/mol. The van der Waals surface area contributed by atoms with Crippen LogP contribution in [0.4, 0.5) is 13.2 Å². The molecule has 0 aliphatic heterocycles. The summed E-state index contributed by atoms with van der Waals surface area (Å²) in [7, 11) is -4.39. The highest BCUT2D eigenvalue weighted by Gasteiger charge is 2.48. The van der Waals surface area contributed by atoms with Gasteiger partial charge in [0.1, 0.15) is 5.75 Å². The molecule has 1 aliphatic rings. The van der Waals surface area contributed by atoms with E-state index in [0.717, 1.165) is 24.0 Å². The van der Waals surface area contributed by atoms with E-state index in [-0.39, 0.29) is 18.1 Å². The van der Waals surface area contributed by atoms with Crippen molar-refractivity contribution in [1.82, 2.24) is 0 Å². The zero-order valence-corrected chi connectivity index (χ0v) is 14.5. The molecule has 1 aromatic rings. The number of halogens is 3. The molecule has 9 heteroatoms. The second-order valence-corrected chi connectivity index (χ2v) is 7.34. The number of esters is 1. The second kappa shape index (κ2) is 7.63. The fraction of sp³-hybridized carbons (Fsp3) is 0.562. The first-order valence-electron chi connectivity index (χ1n) is 7.87. The third-order valence-corrected chi connectivity index (χ3v) is 5.09. The van der Waals surface area contributed by atoms with Crippen molar-refractivity contribution >= 4 is 16.1 Å². The summed E-state index contributed by atoms with van der Waals surface area (Å²) >= 11 is 0. The van der Waals surface area contributed by atoms with Crippen molar-refractivity contribution in [3.8, 4) is 5.75 Å². The molecule has 140 valence electrons. The van der Waals surface area contributed by atoms with Gasteiger partial charge in [-0.1, -0.05) is 6.07 Å². The number of benzene rings is 1. The molecule has 0 N–H and O–H groups in total. The summed E-state index contributed by atoms with van der Waals surface area (Å²) < 4.78 is 69.1. The fourth-order valence-corrected chi connectivity index (χ4v) is 3.40. The van der Waals surface area contributed by atoms with E-state index in [2.05, 4.69) is 8.92 Å². The van der Waals surface area contributed by atoms with E-state index in [0.29, 0.717) is 31.2 Å². The summed E-state index contributed by atoms with van der Waals surface area (Å²) in [5.41, 5.74) is -3.23. The van der Waals surface area contributed by atoms with Gasteiger partial charge in [0.25, 0.3) is 0 Å². The highest BCUT2D eigenvalue weighted by Crippen LogP contribution is 2.36. The Balaban J connectivity index is 2.25. The van der Waals surface area contributed by atoms with Crippen molar-refractivity contribution in [3.05, 3.63) is 28.8 Å². The standard InChI is InChI=1S/C16H19F3O5S/c1-23-15(20)8-4-5-11-9-10-14(13-7-3-2-6-12(11)13)24-25(21,22)16(17,18)19/h9-10H,2-8H2,1H3. The minimum absolute atomic E-state index is 0.242. The van der Waals surface area contributed by atoms with Crippen LogP contribution in [0, 0.1) is 0 Å².